The Morgan fingerprint density at radius 1 is 0.912 bits per heavy atom. The van der Waals surface area contributed by atoms with Crippen LogP contribution in [0.2, 0.25) is 0 Å². The number of halogens is 1. The average Bonchev–Trinajstić information content (AvgIpc) is 3.30. The molecule has 1 aliphatic carbocycles. The number of fused-ring (bicyclic) bond motifs is 5. The molecule has 5 heteroatoms. The average molecular weight is 454 g/mol. The summed E-state index contributed by atoms with van der Waals surface area (Å²) in [6.07, 6.45) is 5.74. The minimum atomic E-state index is -1.17. The van der Waals surface area contributed by atoms with E-state index in [1.807, 2.05) is 12.1 Å². The normalized spacial score (nSPS) is 18.8. The quantitative estimate of drug-likeness (QED) is 0.218. The fraction of sp³-hybridized carbons (Fsp3) is 0.172. The smallest absolute Gasteiger partial charge is 0.329 e. The maximum atomic E-state index is 13.4. The van der Waals surface area contributed by atoms with Crippen LogP contribution in [0.15, 0.2) is 85.1 Å². The molecule has 4 aromatic rings. The maximum Gasteiger partial charge on any atom is 0.329 e. The molecule has 1 aliphatic heterocycles. The topological polar surface area (TPSA) is 63.6 Å². The van der Waals surface area contributed by atoms with Gasteiger partial charge in [0.15, 0.2) is 5.92 Å². The van der Waals surface area contributed by atoms with Gasteiger partial charge in [-0.15, -0.1) is 0 Å². The van der Waals surface area contributed by atoms with Crippen molar-refractivity contribution in [1.82, 2.24) is 0 Å². The van der Waals surface area contributed by atoms with E-state index in [4.69, 9.17) is 5.11 Å². The molecule has 0 fully saturated rings. The first-order valence-electron chi connectivity index (χ1n) is 11.3. The van der Waals surface area contributed by atoms with Crippen molar-refractivity contribution in [2.24, 2.45) is 5.92 Å². The van der Waals surface area contributed by atoms with Gasteiger partial charge in [0.05, 0.1) is 6.26 Å². The fourth-order valence-corrected chi connectivity index (χ4v) is 4.98. The van der Waals surface area contributed by atoms with Crippen molar-refractivity contribution in [3.63, 3.8) is 0 Å². The van der Waals surface area contributed by atoms with Crippen molar-refractivity contribution >= 4 is 33.5 Å². The Labute approximate surface area is 196 Å². The number of carboxylic acids is 1. The zero-order valence-corrected chi connectivity index (χ0v) is 18.4. The Bertz CT molecular complexity index is 1420. The molecule has 6 rings (SSSR count). The Morgan fingerprint density at radius 3 is 2.38 bits per heavy atom. The van der Waals surface area contributed by atoms with E-state index in [1.165, 1.54) is 50.7 Å². The molecule has 0 amide bonds. The number of carbonyl (C=O) groups is 2. The molecular weight excluding hydrogens is 431 g/mol. The van der Waals surface area contributed by atoms with Crippen molar-refractivity contribution in [3.8, 4) is 0 Å². The number of ether oxygens (including phenoxy) is 1. The zero-order valence-electron chi connectivity index (χ0n) is 18.4. The molecule has 2 unspecified atom stereocenters. The highest BCUT2D eigenvalue weighted by Crippen LogP contribution is 2.42. The van der Waals surface area contributed by atoms with Crippen LogP contribution in [-0.4, -0.2) is 17.0 Å². The van der Waals surface area contributed by atoms with Crippen LogP contribution in [0.25, 0.3) is 21.5 Å². The standard InChI is InChI=1S/C24H19F.C5H4O4/c25-19-12-8-17(9-13-19)21-7-3-5-18-11-14-22-20-6-2-1-4-16(20)10-15-23(22)24(18)21;6-4(7)3-1-2-9-5(3)8/h1-2,4,6,8-15,21H,3,5,7H2;1-3H,(H,6,7). The molecule has 0 aromatic heterocycles. The molecule has 2 aliphatic rings. The number of hydrogen-bond donors (Lipinski definition) is 1. The van der Waals surface area contributed by atoms with Gasteiger partial charge in [-0.1, -0.05) is 60.7 Å². The van der Waals surface area contributed by atoms with Crippen molar-refractivity contribution in [1.29, 1.82) is 0 Å². The summed E-state index contributed by atoms with van der Waals surface area (Å²) >= 11 is 0. The van der Waals surface area contributed by atoms with Gasteiger partial charge in [-0.3, -0.25) is 9.59 Å². The minimum absolute atomic E-state index is 0.163. The van der Waals surface area contributed by atoms with Gasteiger partial charge < -0.3 is 9.84 Å². The number of carboxylic acid groups (broad SMARTS) is 1. The molecule has 34 heavy (non-hydrogen) atoms. The number of esters is 1. The second-order valence-electron chi connectivity index (χ2n) is 8.60. The van der Waals surface area contributed by atoms with Crippen LogP contribution in [0, 0.1) is 11.7 Å². The van der Waals surface area contributed by atoms with E-state index >= 15 is 0 Å². The van der Waals surface area contributed by atoms with Crippen LogP contribution in [0.5, 0.6) is 0 Å². The molecule has 0 saturated heterocycles. The molecular formula is C29H23FO4. The largest absolute Gasteiger partial charge is 0.480 e. The van der Waals surface area contributed by atoms with Gasteiger partial charge in [0.25, 0.3) is 0 Å². The SMILES string of the molecule is Fc1ccc(C2CCCc3ccc4c(ccc5ccccc54)c32)cc1.O=C(O)C1C=COC1=O. The Balaban J connectivity index is 0.000000227. The summed E-state index contributed by atoms with van der Waals surface area (Å²) in [5.41, 5.74) is 4.12. The molecule has 1 heterocycles. The maximum absolute atomic E-state index is 13.4. The van der Waals surface area contributed by atoms with E-state index in [1.54, 1.807) is 12.1 Å². The highest BCUT2D eigenvalue weighted by atomic mass is 19.1. The van der Waals surface area contributed by atoms with Crippen molar-refractivity contribution in [2.45, 2.75) is 25.2 Å². The Morgan fingerprint density at radius 2 is 1.68 bits per heavy atom. The second-order valence-corrected chi connectivity index (χ2v) is 8.60. The number of benzene rings is 4. The van der Waals surface area contributed by atoms with Gasteiger partial charge >= 0.3 is 11.9 Å². The fourth-order valence-electron chi connectivity index (χ4n) is 4.98. The molecule has 0 bridgehead atoms. The van der Waals surface area contributed by atoms with Crippen LogP contribution in [0.3, 0.4) is 0 Å². The third kappa shape index (κ3) is 4.05. The van der Waals surface area contributed by atoms with E-state index < -0.39 is 17.9 Å². The summed E-state index contributed by atoms with van der Waals surface area (Å²) < 4.78 is 17.6. The molecule has 4 aromatic carbocycles. The molecule has 0 saturated carbocycles. The van der Waals surface area contributed by atoms with Gasteiger partial charge in [0.2, 0.25) is 0 Å². The van der Waals surface area contributed by atoms with Crippen LogP contribution >= 0.6 is 0 Å². The molecule has 4 nitrogen and oxygen atoms in total. The number of carbonyl (C=O) groups excluding carboxylic acids is 1. The number of rotatable bonds is 2. The number of aliphatic carboxylic acids is 1. The lowest BCUT2D eigenvalue weighted by molar-refractivity contribution is -0.150. The Hall–Kier alpha value is -3.99. The highest BCUT2D eigenvalue weighted by Gasteiger charge is 2.28. The van der Waals surface area contributed by atoms with Crippen LogP contribution in [0.4, 0.5) is 4.39 Å². The lowest BCUT2D eigenvalue weighted by Gasteiger charge is -2.28. The summed E-state index contributed by atoms with van der Waals surface area (Å²) in [7, 11) is 0. The van der Waals surface area contributed by atoms with Crippen LogP contribution in [0.1, 0.15) is 35.4 Å². The third-order valence-electron chi connectivity index (χ3n) is 6.59. The summed E-state index contributed by atoms with van der Waals surface area (Å²) in [6, 6.07) is 24.8. The van der Waals surface area contributed by atoms with Gasteiger partial charge in [0.1, 0.15) is 5.82 Å². The summed E-state index contributed by atoms with van der Waals surface area (Å²) in [5, 5.41) is 13.5. The summed E-state index contributed by atoms with van der Waals surface area (Å²) in [5.74, 6) is -2.79. The van der Waals surface area contributed by atoms with Crippen molar-refractivity contribution < 1.29 is 23.8 Å². The predicted octanol–water partition coefficient (Wildman–Crippen LogP) is 6.36. The molecule has 0 radical (unpaired) electrons. The van der Waals surface area contributed by atoms with E-state index in [0.29, 0.717) is 5.92 Å². The first-order valence-corrected chi connectivity index (χ1v) is 11.3. The molecule has 170 valence electrons. The van der Waals surface area contributed by atoms with E-state index in [-0.39, 0.29) is 5.82 Å². The Kier molecular flexibility index (Phi) is 5.84. The lowest BCUT2D eigenvalue weighted by atomic mass is 9.76. The minimum Gasteiger partial charge on any atom is -0.480 e. The van der Waals surface area contributed by atoms with Crippen LogP contribution in [-0.2, 0) is 20.7 Å². The van der Waals surface area contributed by atoms with Crippen molar-refractivity contribution in [2.75, 3.05) is 0 Å². The lowest BCUT2D eigenvalue weighted by Crippen LogP contribution is -2.18. The first-order chi connectivity index (χ1) is 16.5. The number of cyclic esters (lactones) is 1. The predicted molar refractivity (Wildman–Crippen MR) is 129 cm³/mol. The van der Waals surface area contributed by atoms with Gasteiger partial charge in [0, 0.05) is 5.92 Å². The highest BCUT2D eigenvalue weighted by molar-refractivity contribution is 6.09. The molecule has 2 atom stereocenters. The van der Waals surface area contributed by atoms with Crippen LogP contribution < -0.4 is 0 Å². The molecule has 0 spiro atoms. The van der Waals surface area contributed by atoms with Gasteiger partial charge in [-0.05, 0) is 75.7 Å². The summed E-state index contributed by atoms with van der Waals surface area (Å²) in [6.45, 7) is 0. The number of aryl methyl sites for hydroxylation is 1. The first kappa shape index (κ1) is 21.8. The zero-order chi connectivity index (χ0) is 23.7. The number of hydrogen-bond acceptors (Lipinski definition) is 3. The van der Waals surface area contributed by atoms with Gasteiger partial charge in [-0.25, -0.2) is 4.39 Å². The summed E-state index contributed by atoms with van der Waals surface area (Å²) in [4.78, 5) is 20.4. The van der Waals surface area contributed by atoms with E-state index in [2.05, 4.69) is 53.3 Å². The second kappa shape index (κ2) is 9.10. The van der Waals surface area contributed by atoms with Gasteiger partial charge in [-0.2, -0.15) is 0 Å². The third-order valence-corrected chi connectivity index (χ3v) is 6.59. The molecule has 1 N–H and O–H groups in total. The van der Waals surface area contributed by atoms with E-state index in [0.717, 1.165) is 19.1 Å². The van der Waals surface area contributed by atoms with E-state index in [9.17, 15) is 14.0 Å². The van der Waals surface area contributed by atoms with Crippen molar-refractivity contribution in [3.05, 3.63) is 108 Å². The monoisotopic (exact) mass is 454 g/mol.